The number of amides is 1. The fraction of sp³-hybridized carbons (Fsp3) is 0.588. The topological polar surface area (TPSA) is 66.5 Å². The summed E-state index contributed by atoms with van der Waals surface area (Å²) in [6, 6.07) is 6.38. The molecule has 1 aliphatic rings. The molecule has 1 aliphatic carbocycles. The van der Waals surface area contributed by atoms with Crippen LogP contribution in [-0.2, 0) is 10.0 Å². The van der Waals surface area contributed by atoms with E-state index in [9.17, 15) is 13.2 Å². The van der Waals surface area contributed by atoms with Crippen molar-refractivity contribution in [3.05, 3.63) is 29.8 Å². The van der Waals surface area contributed by atoms with Crippen molar-refractivity contribution < 1.29 is 13.2 Å². The number of hydrogen-bond acceptors (Lipinski definition) is 3. The van der Waals surface area contributed by atoms with Crippen molar-refractivity contribution in [2.75, 3.05) is 6.54 Å². The number of nitrogens with one attached hydrogen (secondary N) is 1. The molecule has 1 aromatic carbocycles. The lowest BCUT2D eigenvalue weighted by Crippen LogP contribution is -2.36. The van der Waals surface area contributed by atoms with Gasteiger partial charge in [0.05, 0.1) is 4.90 Å². The Balaban J connectivity index is 2.16. The standard InChI is InChI=1S/C17H26N2O3S/c1-12(2)11-19(15-7-8-15)17(20)14-5-9-16(10-6-14)23(21,22)18-13(3)4/h5-6,9-10,12-13,15,18H,7-8,11H2,1-4H3. The minimum Gasteiger partial charge on any atom is -0.335 e. The molecule has 0 bridgehead atoms. The van der Waals surface area contributed by atoms with Gasteiger partial charge >= 0.3 is 0 Å². The smallest absolute Gasteiger partial charge is 0.254 e. The first-order valence-corrected chi connectivity index (χ1v) is 9.62. The maximum absolute atomic E-state index is 12.7. The molecular weight excluding hydrogens is 312 g/mol. The van der Waals surface area contributed by atoms with Gasteiger partial charge in [0.2, 0.25) is 10.0 Å². The van der Waals surface area contributed by atoms with Gasteiger partial charge < -0.3 is 4.90 Å². The molecule has 5 nitrogen and oxygen atoms in total. The molecule has 0 unspecified atom stereocenters. The van der Waals surface area contributed by atoms with Crippen molar-refractivity contribution in [1.82, 2.24) is 9.62 Å². The van der Waals surface area contributed by atoms with Gasteiger partial charge in [-0.05, 0) is 56.9 Å². The summed E-state index contributed by atoms with van der Waals surface area (Å²) < 4.78 is 26.8. The predicted molar refractivity (Wildman–Crippen MR) is 90.8 cm³/mol. The fourth-order valence-corrected chi connectivity index (χ4v) is 3.75. The van der Waals surface area contributed by atoms with E-state index in [-0.39, 0.29) is 16.8 Å². The molecule has 2 rings (SSSR count). The Bertz CT molecular complexity index is 647. The summed E-state index contributed by atoms with van der Waals surface area (Å²) in [6.07, 6.45) is 2.12. The van der Waals surface area contributed by atoms with E-state index in [4.69, 9.17) is 0 Å². The van der Waals surface area contributed by atoms with Gasteiger partial charge in [-0.1, -0.05) is 13.8 Å². The molecule has 0 radical (unpaired) electrons. The van der Waals surface area contributed by atoms with E-state index in [1.165, 1.54) is 12.1 Å². The number of carbonyl (C=O) groups is 1. The zero-order valence-electron chi connectivity index (χ0n) is 14.2. The predicted octanol–water partition coefficient (Wildman–Crippen LogP) is 2.63. The second-order valence-corrected chi connectivity index (χ2v) is 8.60. The van der Waals surface area contributed by atoms with E-state index < -0.39 is 10.0 Å². The number of carbonyl (C=O) groups excluding carboxylic acids is 1. The van der Waals surface area contributed by atoms with E-state index in [1.54, 1.807) is 26.0 Å². The summed E-state index contributed by atoms with van der Waals surface area (Å²) in [6.45, 7) is 8.47. The largest absolute Gasteiger partial charge is 0.335 e. The Kier molecular flexibility index (Phi) is 5.47. The molecule has 23 heavy (non-hydrogen) atoms. The average molecular weight is 338 g/mol. The van der Waals surface area contributed by atoms with Crippen molar-refractivity contribution in [2.24, 2.45) is 5.92 Å². The molecule has 1 amide bonds. The van der Waals surface area contributed by atoms with E-state index >= 15 is 0 Å². The van der Waals surface area contributed by atoms with Gasteiger partial charge in [-0.25, -0.2) is 13.1 Å². The molecule has 1 aromatic rings. The van der Waals surface area contributed by atoms with Gasteiger partial charge in [0.15, 0.2) is 0 Å². The highest BCUT2D eigenvalue weighted by Crippen LogP contribution is 2.29. The summed E-state index contributed by atoms with van der Waals surface area (Å²) >= 11 is 0. The summed E-state index contributed by atoms with van der Waals surface area (Å²) in [4.78, 5) is 14.8. The molecule has 1 fully saturated rings. The first-order chi connectivity index (χ1) is 10.7. The Morgan fingerprint density at radius 3 is 2.17 bits per heavy atom. The normalized spacial score (nSPS) is 15.2. The average Bonchev–Trinajstić information content (AvgIpc) is 3.27. The number of benzene rings is 1. The highest BCUT2D eigenvalue weighted by atomic mass is 32.2. The molecule has 0 atom stereocenters. The monoisotopic (exact) mass is 338 g/mol. The molecule has 0 spiro atoms. The van der Waals surface area contributed by atoms with Crippen LogP contribution >= 0.6 is 0 Å². The van der Waals surface area contributed by atoms with Crippen LogP contribution in [0, 0.1) is 5.92 Å². The summed E-state index contributed by atoms with van der Waals surface area (Å²) in [7, 11) is -3.52. The molecule has 128 valence electrons. The van der Waals surface area contributed by atoms with Crippen LogP contribution in [0.2, 0.25) is 0 Å². The van der Waals surface area contributed by atoms with Gasteiger partial charge in [-0.2, -0.15) is 0 Å². The van der Waals surface area contributed by atoms with Crippen LogP contribution in [0.15, 0.2) is 29.2 Å². The van der Waals surface area contributed by atoms with E-state index in [1.807, 2.05) is 4.90 Å². The molecule has 1 N–H and O–H groups in total. The molecule has 0 saturated heterocycles. The van der Waals surface area contributed by atoms with E-state index in [0.29, 0.717) is 17.5 Å². The second-order valence-electron chi connectivity index (χ2n) is 6.88. The maximum Gasteiger partial charge on any atom is 0.254 e. The van der Waals surface area contributed by atoms with Crippen LogP contribution in [0.4, 0.5) is 0 Å². The first kappa shape index (κ1) is 17.9. The number of hydrogen-bond donors (Lipinski definition) is 1. The Hall–Kier alpha value is -1.40. The SMILES string of the molecule is CC(C)CN(C(=O)c1ccc(S(=O)(=O)NC(C)C)cc1)C1CC1. The Labute approximate surface area is 139 Å². The zero-order valence-corrected chi connectivity index (χ0v) is 15.1. The van der Waals surface area contributed by atoms with Gasteiger partial charge in [-0.15, -0.1) is 0 Å². The summed E-state index contributed by atoms with van der Waals surface area (Å²) in [5.74, 6) is 0.399. The van der Waals surface area contributed by atoms with Gasteiger partial charge in [-0.3, -0.25) is 4.79 Å². The molecule has 0 aliphatic heterocycles. The van der Waals surface area contributed by atoms with Crippen molar-refractivity contribution >= 4 is 15.9 Å². The van der Waals surface area contributed by atoms with Gasteiger partial charge in [0.1, 0.15) is 0 Å². The number of rotatable bonds is 7. The lowest BCUT2D eigenvalue weighted by atomic mass is 10.1. The molecule has 0 aromatic heterocycles. The van der Waals surface area contributed by atoms with E-state index in [2.05, 4.69) is 18.6 Å². The van der Waals surface area contributed by atoms with Crippen molar-refractivity contribution in [3.8, 4) is 0 Å². The quantitative estimate of drug-likeness (QED) is 0.831. The highest BCUT2D eigenvalue weighted by molar-refractivity contribution is 7.89. The lowest BCUT2D eigenvalue weighted by molar-refractivity contribution is 0.0722. The molecule has 6 heteroatoms. The van der Waals surface area contributed by atoms with Crippen LogP contribution in [-0.4, -0.2) is 37.9 Å². The Morgan fingerprint density at radius 1 is 1.17 bits per heavy atom. The van der Waals surface area contributed by atoms with Crippen molar-refractivity contribution in [2.45, 2.75) is 57.5 Å². The third kappa shape index (κ3) is 4.78. The highest BCUT2D eigenvalue weighted by Gasteiger charge is 2.33. The third-order valence-corrected chi connectivity index (χ3v) is 5.29. The molecular formula is C17H26N2O3S. The summed E-state index contributed by atoms with van der Waals surface area (Å²) in [5, 5.41) is 0. The number of nitrogens with zero attached hydrogens (tertiary/aromatic N) is 1. The van der Waals surface area contributed by atoms with Crippen LogP contribution in [0.5, 0.6) is 0 Å². The first-order valence-electron chi connectivity index (χ1n) is 8.14. The lowest BCUT2D eigenvalue weighted by Gasteiger charge is -2.24. The van der Waals surface area contributed by atoms with Crippen LogP contribution in [0.25, 0.3) is 0 Å². The fourth-order valence-electron chi connectivity index (χ4n) is 2.50. The van der Waals surface area contributed by atoms with Crippen molar-refractivity contribution in [3.63, 3.8) is 0 Å². The Morgan fingerprint density at radius 2 is 1.74 bits per heavy atom. The molecule has 1 saturated carbocycles. The van der Waals surface area contributed by atoms with Crippen LogP contribution in [0.1, 0.15) is 50.9 Å². The molecule has 0 heterocycles. The minimum atomic E-state index is -3.52. The van der Waals surface area contributed by atoms with Gasteiger partial charge in [0.25, 0.3) is 5.91 Å². The third-order valence-electron chi connectivity index (χ3n) is 3.61. The maximum atomic E-state index is 12.7. The van der Waals surface area contributed by atoms with Gasteiger partial charge in [0, 0.05) is 24.2 Å². The minimum absolute atomic E-state index is 0.0121. The van der Waals surface area contributed by atoms with Crippen molar-refractivity contribution in [1.29, 1.82) is 0 Å². The summed E-state index contributed by atoms with van der Waals surface area (Å²) in [5.41, 5.74) is 0.543. The zero-order chi connectivity index (χ0) is 17.2. The van der Waals surface area contributed by atoms with Crippen LogP contribution < -0.4 is 4.72 Å². The van der Waals surface area contributed by atoms with E-state index in [0.717, 1.165) is 19.4 Å². The number of sulfonamides is 1. The second kappa shape index (κ2) is 7.01. The van der Waals surface area contributed by atoms with Crippen LogP contribution in [0.3, 0.4) is 0 Å².